The second-order valence-electron chi connectivity index (χ2n) is 5.69. The molecule has 25 heavy (non-hydrogen) atoms. The largest absolute Gasteiger partial charge is 0.481 e. The van der Waals surface area contributed by atoms with Crippen molar-refractivity contribution in [2.45, 2.75) is 12.5 Å². The third-order valence-corrected chi connectivity index (χ3v) is 4.82. The van der Waals surface area contributed by atoms with Crippen LogP contribution in [-0.4, -0.2) is 33.8 Å². The molecule has 1 aromatic heterocycles. The number of thiazole rings is 1. The monoisotopic (exact) mass is 358 g/mol. The fourth-order valence-corrected chi connectivity index (χ4v) is 3.34. The van der Waals surface area contributed by atoms with Gasteiger partial charge in [-0.1, -0.05) is 35.6 Å². The first-order valence-corrected chi connectivity index (χ1v) is 8.60. The molecule has 0 aliphatic heterocycles. The van der Waals surface area contributed by atoms with Gasteiger partial charge in [-0.2, -0.15) is 0 Å². The van der Waals surface area contributed by atoms with Gasteiger partial charge in [0.05, 0.1) is 22.7 Å². The summed E-state index contributed by atoms with van der Waals surface area (Å²) in [6.07, 6.45) is 0.360. The average Bonchev–Trinajstić information content (AvgIpc) is 2.99. The van der Waals surface area contributed by atoms with Crippen LogP contribution in [0.15, 0.2) is 48.5 Å². The molecule has 6 nitrogen and oxygen atoms in total. The van der Waals surface area contributed by atoms with Crippen molar-refractivity contribution in [3.8, 4) is 10.9 Å². The van der Waals surface area contributed by atoms with Crippen molar-refractivity contribution in [1.29, 1.82) is 0 Å². The van der Waals surface area contributed by atoms with Gasteiger partial charge in [-0.15, -0.1) is 0 Å². The molecule has 0 fully saturated rings. The lowest BCUT2D eigenvalue weighted by molar-refractivity contribution is -0.143. The molecule has 0 saturated carbocycles. The normalized spacial score (nSPS) is 13.5. The fraction of sp³-hybridized carbons (Fsp3) is 0.222. The number of aliphatic carboxylic acids is 1. The van der Waals surface area contributed by atoms with Gasteiger partial charge < -0.3 is 20.7 Å². The number of nitrogens with zero attached hydrogens (tertiary/aromatic N) is 1. The number of para-hydroxylation sites is 1. The van der Waals surface area contributed by atoms with Crippen molar-refractivity contribution in [2.75, 3.05) is 6.61 Å². The highest BCUT2D eigenvalue weighted by Crippen LogP contribution is 2.31. The summed E-state index contributed by atoms with van der Waals surface area (Å²) in [7, 11) is 0. The molecule has 3 aromatic rings. The number of aromatic nitrogens is 1. The number of rotatable bonds is 7. The highest BCUT2D eigenvalue weighted by atomic mass is 32.1. The number of carboxylic acid groups (broad SMARTS) is 1. The van der Waals surface area contributed by atoms with Crippen molar-refractivity contribution < 1.29 is 19.7 Å². The van der Waals surface area contributed by atoms with E-state index in [2.05, 4.69) is 4.98 Å². The molecule has 3 rings (SSSR count). The number of hydrogen-bond donors (Lipinski definition) is 3. The van der Waals surface area contributed by atoms with Crippen LogP contribution in [0, 0.1) is 5.92 Å². The first-order chi connectivity index (χ1) is 12.1. The molecule has 0 saturated heterocycles. The minimum atomic E-state index is -1.09. The summed E-state index contributed by atoms with van der Waals surface area (Å²) in [4.78, 5) is 15.4. The Kier molecular flexibility index (Phi) is 5.28. The van der Waals surface area contributed by atoms with E-state index in [0.29, 0.717) is 17.4 Å². The van der Waals surface area contributed by atoms with E-state index in [9.17, 15) is 4.79 Å². The van der Waals surface area contributed by atoms with Crippen LogP contribution < -0.4 is 10.5 Å². The second kappa shape index (κ2) is 7.60. The maximum Gasteiger partial charge on any atom is 0.310 e. The molecular formula is C18H18N2O4S. The zero-order chi connectivity index (χ0) is 17.8. The van der Waals surface area contributed by atoms with E-state index < -0.39 is 24.5 Å². The first-order valence-electron chi connectivity index (χ1n) is 7.78. The highest BCUT2D eigenvalue weighted by Gasteiger charge is 2.24. The molecule has 0 amide bonds. The van der Waals surface area contributed by atoms with Gasteiger partial charge in [0.15, 0.2) is 0 Å². The number of fused-ring (bicyclic) bond motifs is 1. The van der Waals surface area contributed by atoms with E-state index in [4.69, 9.17) is 20.7 Å². The van der Waals surface area contributed by atoms with Gasteiger partial charge in [-0.25, -0.2) is 4.98 Å². The zero-order valence-corrected chi connectivity index (χ0v) is 14.1. The molecule has 1 unspecified atom stereocenters. The number of benzene rings is 2. The Morgan fingerprint density at radius 2 is 1.92 bits per heavy atom. The van der Waals surface area contributed by atoms with Crippen molar-refractivity contribution in [2.24, 2.45) is 11.7 Å². The van der Waals surface area contributed by atoms with E-state index >= 15 is 0 Å². The Labute approximate surface area is 148 Å². The Morgan fingerprint density at radius 1 is 1.20 bits per heavy atom. The molecule has 0 aliphatic rings. The number of aliphatic hydroxyl groups is 1. The first kappa shape index (κ1) is 17.3. The Balaban J connectivity index is 1.66. The molecule has 4 N–H and O–H groups in total. The van der Waals surface area contributed by atoms with Crippen LogP contribution in [0.25, 0.3) is 10.2 Å². The molecule has 0 radical (unpaired) electrons. The number of ether oxygens (including phenoxy) is 1. The molecule has 0 aliphatic carbocycles. The summed E-state index contributed by atoms with van der Waals surface area (Å²) in [6, 6.07) is 14.4. The Bertz CT molecular complexity index is 830. The number of aliphatic hydroxyl groups excluding tert-OH is 1. The van der Waals surface area contributed by atoms with Gasteiger partial charge in [-0.05, 0) is 36.2 Å². The lowest BCUT2D eigenvalue weighted by Gasteiger charge is -2.18. The zero-order valence-electron chi connectivity index (χ0n) is 13.3. The maximum absolute atomic E-state index is 11.0. The van der Waals surface area contributed by atoms with Crippen LogP contribution in [0.5, 0.6) is 10.9 Å². The van der Waals surface area contributed by atoms with Crippen molar-refractivity contribution in [3.63, 3.8) is 0 Å². The quantitative estimate of drug-likeness (QED) is 0.600. The third-order valence-electron chi connectivity index (χ3n) is 3.90. The summed E-state index contributed by atoms with van der Waals surface area (Å²) in [5.74, 6) is -1.42. The van der Waals surface area contributed by atoms with Crippen LogP contribution in [0.2, 0.25) is 0 Å². The van der Waals surface area contributed by atoms with E-state index in [1.807, 2.05) is 36.4 Å². The van der Waals surface area contributed by atoms with Gasteiger partial charge in [0, 0.05) is 6.04 Å². The van der Waals surface area contributed by atoms with Gasteiger partial charge in [-0.3, -0.25) is 4.79 Å². The summed E-state index contributed by atoms with van der Waals surface area (Å²) in [5.41, 5.74) is 7.66. The van der Waals surface area contributed by atoms with E-state index in [-0.39, 0.29) is 0 Å². The van der Waals surface area contributed by atoms with E-state index in [1.165, 1.54) is 11.3 Å². The maximum atomic E-state index is 11.0. The molecule has 0 bridgehead atoms. The minimum absolute atomic E-state index is 0.360. The third kappa shape index (κ3) is 4.14. The number of hydrogen-bond acceptors (Lipinski definition) is 6. The van der Waals surface area contributed by atoms with E-state index in [1.54, 1.807) is 12.1 Å². The molecular weight excluding hydrogens is 340 g/mol. The summed E-state index contributed by atoms with van der Waals surface area (Å²) in [5, 5.41) is 18.7. The molecule has 0 spiro atoms. The molecule has 2 aromatic carbocycles. The summed E-state index contributed by atoms with van der Waals surface area (Å²) in [6.45, 7) is -0.477. The van der Waals surface area contributed by atoms with Crippen LogP contribution in [0.1, 0.15) is 5.56 Å². The predicted octanol–water partition coefficient (Wildman–Crippen LogP) is 2.65. The van der Waals surface area contributed by atoms with Gasteiger partial charge in [0.1, 0.15) is 5.75 Å². The van der Waals surface area contributed by atoms with Gasteiger partial charge in [0.2, 0.25) is 0 Å². The minimum Gasteiger partial charge on any atom is -0.481 e. The van der Waals surface area contributed by atoms with Gasteiger partial charge in [0.25, 0.3) is 5.19 Å². The Hall–Kier alpha value is -2.48. The van der Waals surface area contributed by atoms with Crippen molar-refractivity contribution in [3.05, 3.63) is 54.1 Å². The topological polar surface area (TPSA) is 106 Å². The molecule has 7 heteroatoms. The second-order valence-corrected chi connectivity index (χ2v) is 6.68. The van der Waals surface area contributed by atoms with Crippen LogP contribution in [-0.2, 0) is 11.2 Å². The molecule has 130 valence electrons. The fourth-order valence-electron chi connectivity index (χ4n) is 2.50. The van der Waals surface area contributed by atoms with Crippen LogP contribution >= 0.6 is 11.3 Å². The summed E-state index contributed by atoms with van der Waals surface area (Å²) < 4.78 is 6.83. The van der Waals surface area contributed by atoms with E-state index in [0.717, 1.165) is 15.8 Å². The SMILES string of the molecule is N[C@H](Cc1ccc(Oc2nc3ccccc3s2)cc1)C(CO)C(=O)O. The van der Waals surface area contributed by atoms with Crippen molar-refractivity contribution in [1.82, 2.24) is 4.98 Å². The number of carbonyl (C=O) groups is 1. The highest BCUT2D eigenvalue weighted by molar-refractivity contribution is 7.20. The van der Waals surface area contributed by atoms with Crippen molar-refractivity contribution >= 4 is 27.5 Å². The predicted molar refractivity (Wildman–Crippen MR) is 96.0 cm³/mol. The van der Waals surface area contributed by atoms with Crippen LogP contribution in [0.3, 0.4) is 0 Å². The lowest BCUT2D eigenvalue weighted by Crippen LogP contribution is -2.39. The summed E-state index contributed by atoms with van der Waals surface area (Å²) >= 11 is 1.47. The Morgan fingerprint density at radius 3 is 2.56 bits per heavy atom. The van der Waals surface area contributed by atoms with Crippen LogP contribution in [0.4, 0.5) is 0 Å². The lowest BCUT2D eigenvalue weighted by atomic mass is 9.95. The number of nitrogens with two attached hydrogens (primary N) is 1. The molecule has 1 heterocycles. The number of carboxylic acids is 1. The smallest absolute Gasteiger partial charge is 0.310 e. The standard InChI is InChI=1S/C18H18N2O4S/c19-14(13(10-21)17(22)23)9-11-5-7-12(8-6-11)24-18-20-15-3-1-2-4-16(15)25-18/h1-8,13-14,21H,9-10,19H2,(H,22,23)/t13?,14-/m1/s1. The molecule has 2 atom stereocenters. The average molecular weight is 358 g/mol. The van der Waals surface area contributed by atoms with Gasteiger partial charge >= 0.3 is 5.97 Å².